The van der Waals surface area contributed by atoms with Crippen LogP contribution in [-0.4, -0.2) is 17.7 Å². The van der Waals surface area contributed by atoms with Crippen molar-refractivity contribution in [3.63, 3.8) is 0 Å². The number of ketones is 1. The summed E-state index contributed by atoms with van der Waals surface area (Å²) >= 11 is 0. The van der Waals surface area contributed by atoms with Gasteiger partial charge in [-0.05, 0) is 30.5 Å². The zero-order chi connectivity index (χ0) is 13.3. The largest absolute Gasteiger partial charge is 0.398 e. The topological polar surface area (TPSA) is 96.0 Å². The van der Waals surface area contributed by atoms with Crippen LogP contribution in [0.2, 0.25) is 0 Å². The van der Waals surface area contributed by atoms with Gasteiger partial charge in [0.15, 0.2) is 5.78 Å². The van der Waals surface area contributed by atoms with Gasteiger partial charge in [-0.25, -0.2) is 0 Å². The molecule has 0 fully saturated rings. The maximum absolute atomic E-state index is 12.2. The van der Waals surface area contributed by atoms with Crippen LogP contribution in [0.15, 0.2) is 12.1 Å². The smallest absolute Gasteiger partial charge is 0.217 e. The minimum absolute atomic E-state index is 0.207. The number of carbonyl (C=O) groups excluding carboxylic acids is 2. The molecule has 18 heavy (non-hydrogen) atoms. The second-order valence-electron chi connectivity index (χ2n) is 4.32. The number of anilines is 1. The van der Waals surface area contributed by atoms with E-state index in [4.69, 9.17) is 11.0 Å². The first-order valence-electron chi connectivity index (χ1n) is 5.67. The lowest BCUT2D eigenvalue weighted by Gasteiger charge is -2.25. The van der Waals surface area contributed by atoms with E-state index in [1.807, 2.05) is 0 Å². The first kappa shape index (κ1) is 12.1. The molecular formula is C13H13N3O2. The molecule has 0 aliphatic heterocycles. The fraction of sp³-hybridized carbons (Fsp3) is 0.308. The van der Waals surface area contributed by atoms with Gasteiger partial charge in [0, 0.05) is 18.2 Å². The standard InChI is InChI=1S/C13H13N3O2/c1-7(17)16-11-5-3-9-8(6-14)2-4-10(15)12(9)13(11)18/h2,4,11H,3,5,15H2,1H3,(H,16,17). The molecule has 5 nitrogen and oxygen atoms in total. The molecule has 0 heterocycles. The average Bonchev–Trinajstić information content (AvgIpc) is 2.32. The number of nitriles is 1. The molecular weight excluding hydrogens is 230 g/mol. The van der Waals surface area contributed by atoms with E-state index in [-0.39, 0.29) is 11.7 Å². The van der Waals surface area contributed by atoms with E-state index >= 15 is 0 Å². The molecule has 1 amide bonds. The summed E-state index contributed by atoms with van der Waals surface area (Å²) in [6, 6.07) is 4.71. The van der Waals surface area contributed by atoms with Crippen molar-refractivity contribution in [2.45, 2.75) is 25.8 Å². The quantitative estimate of drug-likeness (QED) is 0.712. The number of nitrogens with two attached hydrogens (primary N) is 1. The predicted octanol–water partition coefficient (Wildman–Crippen LogP) is 0.774. The summed E-state index contributed by atoms with van der Waals surface area (Å²) in [5.74, 6) is -0.451. The van der Waals surface area contributed by atoms with Gasteiger partial charge in [0.1, 0.15) is 0 Å². The summed E-state index contributed by atoms with van der Waals surface area (Å²) in [6.07, 6.45) is 1.07. The van der Waals surface area contributed by atoms with Crippen molar-refractivity contribution < 1.29 is 9.59 Å². The van der Waals surface area contributed by atoms with Crippen molar-refractivity contribution in [1.29, 1.82) is 5.26 Å². The first-order valence-corrected chi connectivity index (χ1v) is 5.67. The van der Waals surface area contributed by atoms with Gasteiger partial charge in [0.25, 0.3) is 0 Å². The Morgan fingerprint density at radius 3 is 2.89 bits per heavy atom. The number of nitrogens with zero attached hydrogens (tertiary/aromatic N) is 1. The molecule has 0 saturated carbocycles. The van der Waals surface area contributed by atoms with E-state index in [1.54, 1.807) is 12.1 Å². The van der Waals surface area contributed by atoms with Crippen LogP contribution in [0.4, 0.5) is 5.69 Å². The predicted molar refractivity (Wildman–Crippen MR) is 65.8 cm³/mol. The normalized spacial score (nSPS) is 17.8. The van der Waals surface area contributed by atoms with Crippen LogP contribution in [0.25, 0.3) is 0 Å². The molecule has 1 aromatic rings. The Hall–Kier alpha value is -2.35. The van der Waals surface area contributed by atoms with Gasteiger partial charge in [-0.15, -0.1) is 0 Å². The van der Waals surface area contributed by atoms with Gasteiger partial charge in [-0.3, -0.25) is 9.59 Å². The fourth-order valence-corrected chi connectivity index (χ4v) is 2.30. The molecule has 0 spiro atoms. The van der Waals surface area contributed by atoms with Gasteiger partial charge < -0.3 is 11.1 Å². The lowest BCUT2D eigenvalue weighted by atomic mass is 9.83. The first-order chi connectivity index (χ1) is 8.54. The number of hydrogen-bond acceptors (Lipinski definition) is 4. The van der Waals surface area contributed by atoms with Crippen molar-refractivity contribution >= 4 is 17.4 Å². The third-order valence-corrected chi connectivity index (χ3v) is 3.09. The summed E-state index contributed by atoms with van der Waals surface area (Å²) < 4.78 is 0. The van der Waals surface area contributed by atoms with E-state index in [2.05, 4.69) is 11.4 Å². The Morgan fingerprint density at radius 1 is 1.56 bits per heavy atom. The Balaban J connectivity index is 2.47. The molecule has 0 radical (unpaired) electrons. The Labute approximate surface area is 105 Å². The summed E-state index contributed by atoms with van der Waals surface area (Å²) in [4.78, 5) is 23.3. The average molecular weight is 243 g/mol. The molecule has 1 atom stereocenters. The highest BCUT2D eigenvalue weighted by Crippen LogP contribution is 2.29. The molecule has 1 aromatic carbocycles. The van der Waals surface area contributed by atoms with Crippen LogP contribution < -0.4 is 11.1 Å². The fourth-order valence-electron chi connectivity index (χ4n) is 2.30. The number of benzene rings is 1. The minimum atomic E-state index is -0.536. The van der Waals surface area contributed by atoms with E-state index in [0.717, 1.165) is 0 Å². The van der Waals surface area contributed by atoms with Crippen molar-refractivity contribution in [2.24, 2.45) is 0 Å². The number of amides is 1. The van der Waals surface area contributed by atoms with E-state index in [9.17, 15) is 9.59 Å². The second kappa shape index (κ2) is 4.49. The minimum Gasteiger partial charge on any atom is -0.398 e. The number of nitrogen functional groups attached to an aromatic ring is 1. The van der Waals surface area contributed by atoms with Crippen LogP contribution in [0.3, 0.4) is 0 Å². The van der Waals surface area contributed by atoms with Crippen LogP contribution in [-0.2, 0) is 11.2 Å². The van der Waals surface area contributed by atoms with Crippen LogP contribution in [0.1, 0.15) is 34.8 Å². The SMILES string of the molecule is CC(=O)NC1CCc2c(C#N)ccc(N)c2C1=O. The Kier molecular flexibility index (Phi) is 3.02. The molecule has 1 unspecified atom stereocenters. The molecule has 0 aromatic heterocycles. The third-order valence-electron chi connectivity index (χ3n) is 3.09. The van der Waals surface area contributed by atoms with Crippen LogP contribution >= 0.6 is 0 Å². The number of carbonyl (C=O) groups is 2. The monoisotopic (exact) mass is 243 g/mol. The van der Waals surface area contributed by atoms with E-state index in [0.29, 0.717) is 35.2 Å². The maximum Gasteiger partial charge on any atom is 0.217 e. The van der Waals surface area contributed by atoms with Gasteiger partial charge >= 0.3 is 0 Å². The molecule has 1 aliphatic rings. The highest BCUT2D eigenvalue weighted by molar-refractivity contribution is 6.08. The summed E-state index contributed by atoms with van der Waals surface area (Å²) in [7, 11) is 0. The molecule has 2 rings (SSSR count). The lowest BCUT2D eigenvalue weighted by Crippen LogP contribution is -2.43. The number of Topliss-reactive ketones (excluding diaryl/α,β-unsaturated/α-hetero) is 1. The highest BCUT2D eigenvalue weighted by Gasteiger charge is 2.31. The number of rotatable bonds is 1. The van der Waals surface area contributed by atoms with Gasteiger partial charge in [0.05, 0.1) is 17.7 Å². The third kappa shape index (κ3) is 1.93. The van der Waals surface area contributed by atoms with Crippen LogP contribution in [0.5, 0.6) is 0 Å². The zero-order valence-electron chi connectivity index (χ0n) is 9.99. The number of hydrogen-bond donors (Lipinski definition) is 2. The van der Waals surface area contributed by atoms with E-state index in [1.165, 1.54) is 6.92 Å². The molecule has 5 heteroatoms. The van der Waals surface area contributed by atoms with Crippen molar-refractivity contribution in [1.82, 2.24) is 5.32 Å². The number of fused-ring (bicyclic) bond motifs is 1. The summed E-state index contributed by atoms with van der Waals surface area (Å²) in [5.41, 5.74) is 7.74. The van der Waals surface area contributed by atoms with E-state index < -0.39 is 6.04 Å². The van der Waals surface area contributed by atoms with Gasteiger partial charge in [-0.2, -0.15) is 5.26 Å². The van der Waals surface area contributed by atoms with Crippen LogP contribution in [0, 0.1) is 11.3 Å². The Morgan fingerprint density at radius 2 is 2.28 bits per heavy atom. The van der Waals surface area contributed by atoms with Crippen molar-refractivity contribution in [3.05, 3.63) is 28.8 Å². The second-order valence-corrected chi connectivity index (χ2v) is 4.32. The summed E-state index contributed by atoms with van der Waals surface area (Å²) in [5, 5.41) is 11.6. The molecule has 0 saturated heterocycles. The summed E-state index contributed by atoms with van der Waals surface area (Å²) in [6.45, 7) is 1.37. The van der Waals surface area contributed by atoms with Crippen molar-refractivity contribution in [2.75, 3.05) is 5.73 Å². The Bertz CT molecular complexity index is 572. The highest BCUT2D eigenvalue weighted by atomic mass is 16.2. The van der Waals surface area contributed by atoms with Gasteiger partial charge in [0.2, 0.25) is 5.91 Å². The molecule has 92 valence electrons. The molecule has 3 N–H and O–H groups in total. The lowest BCUT2D eigenvalue weighted by molar-refractivity contribution is -0.119. The number of nitrogens with one attached hydrogen (secondary N) is 1. The molecule has 1 aliphatic carbocycles. The maximum atomic E-state index is 12.2. The van der Waals surface area contributed by atoms with Gasteiger partial charge in [-0.1, -0.05) is 0 Å². The van der Waals surface area contributed by atoms with Crippen molar-refractivity contribution in [3.8, 4) is 6.07 Å². The zero-order valence-corrected chi connectivity index (χ0v) is 9.99. The molecule has 0 bridgehead atoms.